The molecule has 0 aliphatic rings. The van der Waals surface area contributed by atoms with Crippen molar-refractivity contribution in [2.24, 2.45) is 0 Å². The molecular formula is C7H8Cl2N2O4S. The predicted molar refractivity (Wildman–Crippen MR) is 59.1 cm³/mol. The number of rotatable bonds is 2. The van der Waals surface area contributed by atoms with E-state index in [0.29, 0.717) is 0 Å². The van der Waals surface area contributed by atoms with Gasteiger partial charge in [-0.3, -0.25) is 0 Å². The van der Waals surface area contributed by atoms with E-state index in [1.807, 2.05) is 0 Å². The van der Waals surface area contributed by atoms with Crippen molar-refractivity contribution in [2.45, 2.75) is 12.1 Å². The molecule has 1 heterocycles. The van der Waals surface area contributed by atoms with Crippen LogP contribution in [0.3, 0.4) is 0 Å². The molecule has 1 N–H and O–H groups in total. The van der Waals surface area contributed by atoms with Crippen molar-refractivity contribution in [3.63, 3.8) is 0 Å². The van der Waals surface area contributed by atoms with Gasteiger partial charge in [0.2, 0.25) is 15.0 Å². The Morgan fingerprint density at radius 3 is 2.19 bits per heavy atom. The largest absolute Gasteiger partial charge is 0.478 e. The first-order valence-electron chi connectivity index (χ1n) is 3.71. The molecule has 1 aromatic heterocycles. The van der Waals surface area contributed by atoms with Crippen LogP contribution < -0.4 is 0 Å². The summed E-state index contributed by atoms with van der Waals surface area (Å²) in [6.45, 7) is 1.35. The van der Waals surface area contributed by atoms with Crippen molar-refractivity contribution in [1.82, 2.24) is 9.97 Å². The number of halogens is 2. The molecule has 0 saturated carbocycles. The van der Waals surface area contributed by atoms with Crippen LogP contribution in [0.1, 0.15) is 16.1 Å². The van der Waals surface area contributed by atoms with E-state index in [9.17, 15) is 13.2 Å². The summed E-state index contributed by atoms with van der Waals surface area (Å²) in [6.07, 6.45) is 0.915. The van der Waals surface area contributed by atoms with Gasteiger partial charge in [0, 0.05) is 6.26 Å². The molecule has 0 saturated heterocycles. The Kier molecular flexibility index (Phi) is 4.66. The number of aromatic nitrogens is 2. The summed E-state index contributed by atoms with van der Waals surface area (Å²) in [7, 11) is -3.59. The highest BCUT2D eigenvalue weighted by Gasteiger charge is 2.20. The highest BCUT2D eigenvalue weighted by molar-refractivity contribution is 7.90. The number of aryl methyl sites for hydroxylation is 1. The number of carboxylic acid groups (broad SMARTS) is 1. The number of hydrogen-bond donors (Lipinski definition) is 1. The van der Waals surface area contributed by atoms with Gasteiger partial charge in [0.25, 0.3) is 0 Å². The fourth-order valence-corrected chi connectivity index (χ4v) is 1.83. The second-order valence-electron chi connectivity index (χ2n) is 2.83. The molecule has 0 aliphatic carbocycles. The third kappa shape index (κ3) is 3.03. The fraction of sp³-hybridized carbons (Fsp3) is 0.286. The zero-order chi connectivity index (χ0) is 11.8. The summed E-state index contributed by atoms with van der Waals surface area (Å²) in [4.78, 5) is 17.7. The molecular weight excluding hydrogens is 279 g/mol. The van der Waals surface area contributed by atoms with Gasteiger partial charge < -0.3 is 5.11 Å². The predicted octanol–water partition coefficient (Wildman–Crippen LogP) is 0.962. The Balaban J connectivity index is 0.00000225. The highest BCUT2D eigenvalue weighted by Crippen LogP contribution is 2.17. The van der Waals surface area contributed by atoms with E-state index < -0.39 is 21.0 Å². The zero-order valence-electron chi connectivity index (χ0n) is 8.26. The molecule has 9 heteroatoms. The minimum atomic E-state index is -3.59. The lowest BCUT2D eigenvalue weighted by Crippen LogP contribution is -2.11. The van der Waals surface area contributed by atoms with Gasteiger partial charge in [0.15, 0.2) is 0 Å². The van der Waals surface area contributed by atoms with Gasteiger partial charge in [-0.1, -0.05) is 11.6 Å². The zero-order valence-corrected chi connectivity index (χ0v) is 10.6. The van der Waals surface area contributed by atoms with Crippen LogP contribution in [0.25, 0.3) is 0 Å². The van der Waals surface area contributed by atoms with Crippen molar-refractivity contribution in [3.05, 3.63) is 16.4 Å². The first-order valence-corrected chi connectivity index (χ1v) is 5.98. The molecule has 0 atom stereocenters. The normalized spacial score (nSPS) is 10.7. The van der Waals surface area contributed by atoms with Crippen LogP contribution in [0.4, 0.5) is 0 Å². The van der Waals surface area contributed by atoms with Crippen molar-refractivity contribution in [2.75, 3.05) is 6.26 Å². The third-order valence-corrected chi connectivity index (χ3v) is 2.69. The van der Waals surface area contributed by atoms with Gasteiger partial charge in [0.1, 0.15) is 10.7 Å². The van der Waals surface area contributed by atoms with Crippen LogP contribution in [0, 0.1) is 6.92 Å². The van der Waals surface area contributed by atoms with Crippen molar-refractivity contribution in [3.8, 4) is 0 Å². The van der Waals surface area contributed by atoms with Gasteiger partial charge in [0.05, 0.1) is 5.69 Å². The van der Waals surface area contributed by atoms with E-state index in [4.69, 9.17) is 16.7 Å². The molecule has 1 rings (SSSR count). The van der Waals surface area contributed by atoms with Gasteiger partial charge in [-0.25, -0.2) is 23.2 Å². The van der Waals surface area contributed by atoms with Crippen LogP contribution in [0.2, 0.25) is 5.15 Å². The summed E-state index contributed by atoms with van der Waals surface area (Å²) in [5.41, 5.74) is -0.271. The summed E-state index contributed by atoms with van der Waals surface area (Å²) in [5, 5.41) is 7.87. The minimum absolute atomic E-state index is 0. The van der Waals surface area contributed by atoms with Gasteiger partial charge in [-0.2, -0.15) is 0 Å². The molecule has 6 nitrogen and oxygen atoms in total. The number of nitrogens with zero attached hydrogens (tertiary/aromatic N) is 2. The number of aromatic carboxylic acids is 1. The van der Waals surface area contributed by atoms with Crippen molar-refractivity contribution in [1.29, 1.82) is 0 Å². The number of carbonyl (C=O) groups is 1. The Morgan fingerprint density at radius 2 is 1.88 bits per heavy atom. The molecule has 0 unspecified atom stereocenters. The average Bonchev–Trinajstić information content (AvgIpc) is 1.99. The summed E-state index contributed by atoms with van der Waals surface area (Å²) in [6, 6.07) is 0. The monoisotopic (exact) mass is 286 g/mol. The number of sulfone groups is 1. The Morgan fingerprint density at radius 1 is 1.38 bits per heavy atom. The van der Waals surface area contributed by atoms with E-state index >= 15 is 0 Å². The maximum atomic E-state index is 11.1. The average molecular weight is 287 g/mol. The van der Waals surface area contributed by atoms with Gasteiger partial charge >= 0.3 is 5.97 Å². The van der Waals surface area contributed by atoms with Gasteiger partial charge in [-0.05, 0) is 6.92 Å². The lowest BCUT2D eigenvalue weighted by molar-refractivity contribution is 0.0695. The molecule has 16 heavy (non-hydrogen) atoms. The molecule has 0 aromatic carbocycles. The van der Waals surface area contributed by atoms with Crippen LogP contribution >= 0.6 is 24.0 Å². The molecule has 1 aromatic rings. The molecule has 0 fully saturated rings. The van der Waals surface area contributed by atoms with E-state index in [-0.39, 0.29) is 28.8 Å². The molecule has 90 valence electrons. The first kappa shape index (κ1) is 15.1. The number of carboxylic acids is 1. The van der Waals surface area contributed by atoms with Crippen LogP contribution in [0.15, 0.2) is 5.16 Å². The molecule has 0 amide bonds. The maximum Gasteiger partial charge on any atom is 0.340 e. The molecule has 0 bridgehead atoms. The number of hydrogen-bond acceptors (Lipinski definition) is 5. The fourth-order valence-electron chi connectivity index (χ4n) is 0.922. The maximum absolute atomic E-state index is 11.1. The quantitative estimate of drug-likeness (QED) is 0.642. The highest BCUT2D eigenvalue weighted by atomic mass is 35.5. The second kappa shape index (κ2) is 4.94. The first-order chi connectivity index (χ1) is 6.73. The third-order valence-electron chi connectivity index (χ3n) is 1.57. The summed E-state index contributed by atoms with van der Waals surface area (Å²) in [5.74, 6) is -1.29. The van der Waals surface area contributed by atoms with E-state index in [0.717, 1.165) is 6.26 Å². The van der Waals surface area contributed by atoms with Crippen LogP contribution in [0.5, 0.6) is 0 Å². The van der Waals surface area contributed by atoms with Crippen molar-refractivity contribution < 1.29 is 18.3 Å². The van der Waals surface area contributed by atoms with Crippen molar-refractivity contribution >= 4 is 39.8 Å². The molecule has 0 aliphatic heterocycles. The second-order valence-corrected chi connectivity index (χ2v) is 5.10. The molecule has 0 spiro atoms. The van der Waals surface area contributed by atoms with E-state index in [2.05, 4.69) is 9.97 Å². The lowest BCUT2D eigenvalue weighted by atomic mass is 10.2. The van der Waals surface area contributed by atoms with E-state index in [1.165, 1.54) is 6.92 Å². The summed E-state index contributed by atoms with van der Waals surface area (Å²) >= 11 is 5.54. The summed E-state index contributed by atoms with van der Waals surface area (Å²) < 4.78 is 22.2. The Bertz CT molecular complexity index is 506. The Hall–Kier alpha value is -0.920. The van der Waals surface area contributed by atoms with Gasteiger partial charge in [-0.15, -0.1) is 12.4 Å². The lowest BCUT2D eigenvalue weighted by Gasteiger charge is -2.04. The van der Waals surface area contributed by atoms with E-state index in [1.54, 1.807) is 0 Å². The molecule has 0 radical (unpaired) electrons. The topological polar surface area (TPSA) is 97.2 Å². The minimum Gasteiger partial charge on any atom is -0.478 e. The Labute approximate surface area is 103 Å². The van der Waals surface area contributed by atoms with Crippen LogP contribution in [-0.2, 0) is 9.84 Å². The van der Waals surface area contributed by atoms with Crippen LogP contribution in [-0.4, -0.2) is 35.7 Å². The SMILES string of the molecule is Cc1nc(S(C)(=O)=O)nc(Cl)c1C(=O)O.Cl. The standard InChI is InChI=1S/C7H7ClN2O4S.ClH/c1-3-4(6(11)12)5(8)10-7(9-3)15(2,13)14;/h1-2H3,(H,11,12);1H. The smallest absolute Gasteiger partial charge is 0.340 e.